The fourth-order valence-corrected chi connectivity index (χ4v) is 1.27. The second-order valence-electron chi connectivity index (χ2n) is 3.57. The molecular weight excluding hydrogens is 196 g/mol. The van der Waals surface area contributed by atoms with E-state index in [9.17, 15) is 9.59 Å². The fourth-order valence-electron chi connectivity index (χ4n) is 1.27. The number of hydrogen-bond donors (Lipinski definition) is 0. The Morgan fingerprint density at radius 1 is 1.60 bits per heavy atom. The third-order valence-electron chi connectivity index (χ3n) is 2.15. The van der Waals surface area contributed by atoms with Crippen LogP contribution in [0.5, 0.6) is 0 Å². The summed E-state index contributed by atoms with van der Waals surface area (Å²) in [6.07, 6.45) is 3.19. The van der Waals surface area contributed by atoms with Crippen molar-refractivity contribution in [1.29, 1.82) is 0 Å². The van der Waals surface area contributed by atoms with Crippen LogP contribution in [0, 0.1) is 0 Å². The smallest absolute Gasteiger partial charge is 0.334 e. The lowest BCUT2D eigenvalue weighted by Crippen LogP contribution is -2.16. The molecule has 0 aromatic rings. The molecule has 0 saturated heterocycles. The van der Waals surface area contributed by atoms with Gasteiger partial charge in [-0.3, -0.25) is 4.79 Å². The van der Waals surface area contributed by atoms with Crippen LogP contribution >= 0.6 is 0 Å². The molecule has 0 fully saturated rings. The van der Waals surface area contributed by atoms with Crippen LogP contribution in [-0.2, 0) is 19.1 Å². The van der Waals surface area contributed by atoms with Gasteiger partial charge in [-0.2, -0.15) is 0 Å². The molecule has 1 aliphatic heterocycles. The maximum Gasteiger partial charge on any atom is 0.334 e. The van der Waals surface area contributed by atoms with Gasteiger partial charge in [0.2, 0.25) is 0 Å². The normalized spacial score (nSPS) is 19.7. The van der Waals surface area contributed by atoms with Gasteiger partial charge in [-0.05, 0) is 19.4 Å². The Labute approximate surface area is 89.2 Å². The lowest BCUT2D eigenvalue weighted by atomic mass is 10.2. The quantitative estimate of drug-likeness (QED) is 0.513. The number of cyclic esters (lactones) is 1. The second kappa shape index (κ2) is 5.53. The van der Waals surface area contributed by atoms with Crippen molar-refractivity contribution in [3.8, 4) is 0 Å². The third-order valence-corrected chi connectivity index (χ3v) is 2.15. The zero-order valence-corrected chi connectivity index (χ0v) is 9.12. The van der Waals surface area contributed by atoms with E-state index in [1.54, 1.807) is 13.0 Å². The van der Waals surface area contributed by atoms with Crippen LogP contribution in [0.15, 0.2) is 11.6 Å². The summed E-state index contributed by atoms with van der Waals surface area (Å²) in [7, 11) is 0. The molecular formula is C11H16O4. The molecule has 0 unspecified atom stereocenters. The topological polar surface area (TPSA) is 52.6 Å². The molecule has 15 heavy (non-hydrogen) atoms. The molecule has 1 heterocycles. The molecule has 0 radical (unpaired) electrons. The van der Waals surface area contributed by atoms with Crippen molar-refractivity contribution >= 4 is 11.9 Å². The highest BCUT2D eigenvalue weighted by Crippen LogP contribution is 2.15. The van der Waals surface area contributed by atoms with Crippen LogP contribution in [-0.4, -0.2) is 24.6 Å². The Morgan fingerprint density at radius 3 is 2.87 bits per heavy atom. The number of rotatable bonds is 5. The van der Waals surface area contributed by atoms with Gasteiger partial charge in [0.05, 0.1) is 13.0 Å². The van der Waals surface area contributed by atoms with E-state index in [1.807, 2.05) is 6.92 Å². The zero-order valence-electron chi connectivity index (χ0n) is 9.12. The van der Waals surface area contributed by atoms with Gasteiger partial charge < -0.3 is 9.47 Å². The first-order valence-electron chi connectivity index (χ1n) is 5.18. The van der Waals surface area contributed by atoms with Crippen molar-refractivity contribution < 1.29 is 19.1 Å². The van der Waals surface area contributed by atoms with E-state index in [1.165, 1.54) is 0 Å². The van der Waals surface area contributed by atoms with Crippen molar-refractivity contribution in [2.45, 2.75) is 39.2 Å². The summed E-state index contributed by atoms with van der Waals surface area (Å²) in [5, 5.41) is 0. The van der Waals surface area contributed by atoms with Gasteiger partial charge in [0.25, 0.3) is 0 Å². The number of carbonyl (C=O) groups excluding carboxylic acids is 2. The Bertz CT molecular complexity index is 280. The molecule has 0 aliphatic carbocycles. The Balaban J connectivity index is 2.25. The molecule has 0 N–H and O–H groups in total. The number of carbonyl (C=O) groups is 2. The monoisotopic (exact) mass is 212 g/mol. The van der Waals surface area contributed by atoms with Crippen LogP contribution in [0.1, 0.15) is 33.1 Å². The van der Waals surface area contributed by atoms with Crippen molar-refractivity contribution in [1.82, 2.24) is 0 Å². The molecule has 0 saturated carbocycles. The van der Waals surface area contributed by atoms with Crippen molar-refractivity contribution in [2.24, 2.45) is 0 Å². The van der Waals surface area contributed by atoms with E-state index in [2.05, 4.69) is 0 Å². The fraction of sp³-hybridized carbons (Fsp3) is 0.636. The SMILES string of the molecule is CCCCOC(=O)C[C@H]1C=C(C)C(=O)O1. The average molecular weight is 212 g/mol. The molecule has 1 atom stereocenters. The highest BCUT2D eigenvalue weighted by Gasteiger charge is 2.24. The van der Waals surface area contributed by atoms with Gasteiger partial charge in [0, 0.05) is 5.57 Å². The van der Waals surface area contributed by atoms with Crippen molar-refractivity contribution in [3.63, 3.8) is 0 Å². The van der Waals surface area contributed by atoms with E-state index in [0.717, 1.165) is 12.8 Å². The standard InChI is InChI=1S/C11H16O4/c1-3-4-5-14-10(12)7-9-6-8(2)11(13)15-9/h6,9H,3-5,7H2,1-2H3/t9-/m1/s1. The summed E-state index contributed by atoms with van der Waals surface area (Å²) in [5.41, 5.74) is 0.557. The molecule has 4 nitrogen and oxygen atoms in total. The van der Waals surface area contributed by atoms with Crippen molar-refractivity contribution in [3.05, 3.63) is 11.6 Å². The average Bonchev–Trinajstić information content (AvgIpc) is 2.46. The van der Waals surface area contributed by atoms with Gasteiger partial charge in [-0.25, -0.2) is 4.79 Å². The first-order chi connectivity index (χ1) is 7.13. The van der Waals surface area contributed by atoms with Gasteiger partial charge >= 0.3 is 11.9 Å². The van der Waals surface area contributed by atoms with Crippen LogP contribution < -0.4 is 0 Å². The summed E-state index contributed by atoms with van der Waals surface area (Å²) < 4.78 is 9.87. The predicted octanol–water partition coefficient (Wildman–Crippen LogP) is 1.59. The molecule has 0 amide bonds. The highest BCUT2D eigenvalue weighted by molar-refractivity contribution is 5.90. The molecule has 1 rings (SSSR count). The Kier molecular flexibility index (Phi) is 4.34. The minimum atomic E-state index is -0.438. The van der Waals surface area contributed by atoms with E-state index in [-0.39, 0.29) is 18.4 Å². The molecule has 0 aromatic heterocycles. The Morgan fingerprint density at radius 2 is 2.33 bits per heavy atom. The Hall–Kier alpha value is -1.32. The van der Waals surface area contributed by atoms with Crippen LogP contribution in [0.25, 0.3) is 0 Å². The lowest BCUT2D eigenvalue weighted by Gasteiger charge is -2.07. The molecule has 0 spiro atoms. The molecule has 1 aliphatic rings. The number of unbranched alkanes of at least 4 members (excludes halogenated alkanes) is 1. The zero-order chi connectivity index (χ0) is 11.3. The van der Waals surface area contributed by atoms with E-state index >= 15 is 0 Å². The van der Waals surface area contributed by atoms with Crippen molar-refractivity contribution in [2.75, 3.05) is 6.61 Å². The summed E-state index contributed by atoms with van der Waals surface area (Å²) >= 11 is 0. The van der Waals surface area contributed by atoms with Crippen LogP contribution in [0.3, 0.4) is 0 Å². The predicted molar refractivity (Wildman–Crippen MR) is 54.1 cm³/mol. The summed E-state index contributed by atoms with van der Waals surface area (Å²) in [5.74, 6) is -0.659. The second-order valence-corrected chi connectivity index (χ2v) is 3.57. The van der Waals surface area contributed by atoms with E-state index in [0.29, 0.717) is 12.2 Å². The number of hydrogen-bond acceptors (Lipinski definition) is 4. The maximum atomic E-state index is 11.2. The molecule has 4 heteroatoms. The summed E-state index contributed by atoms with van der Waals surface area (Å²) in [6, 6.07) is 0. The van der Waals surface area contributed by atoms with Gasteiger partial charge in [0.15, 0.2) is 0 Å². The minimum Gasteiger partial charge on any atom is -0.466 e. The van der Waals surface area contributed by atoms with Crippen LogP contribution in [0.2, 0.25) is 0 Å². The minimum absolute atomic E-state index is 0.118. The first kappa shape index (κ1) is 11.8. The van der Waals surface area contributed by atoms with Gasteiger partial charge in [-0.1, -0.05) is 13.3 Å². The largest absolute Gasteiger partial charge is 0.466 e. The number of esters is 2. The molecule has 84 valence electrons. The third kappa shape index (κ3) is 3.73. The highest BCUT2D eigenvalue weighted by atomic mass is 16.6. The van der Waals surface area contributed by atoms with Gasteiger partial charge in [0.1, 0.15) is 6.10 Å². The van der Waals surface area contributed by atoms with Crippen LogP contribution in [0.4, 0.5) is 0 Å². The lowest BCUT2D eigenvalue weighted by molar-refractivity contribution is -0.148. The maximum absolute atomic E-state index is 11.2. The first-order valence-corrected chi connectivity index (χ1v) is 5.18. The van der Waals surface area contributed by atoms with Gasteiger partial charge in [-0.15, -0.1) is 0 Å². The summed E-state index contributed by atoms with van der Waals surface area (Å²) in [4.78, 5) is 22.2. The molecule has 0 bridgehead atoms. The number of ether oxygens (including phenoxy) is 2. The van der Waals surface area contributed by atoms with E-state index in [4.69, 9.17) is 9.47 Å². The molecule has 0 aromatic carbocycles. The summed E-state index contributed by atoms with van der Waals surface area (Å²) in [6.45, 7) is 4.14. The van der Waals surface area contributed by atoms with E-state index < -0.39 is 6.10 Å².